The zero-order valence-corrected chi connectivity index (χ0v) is 15.6. The third kappa shape index (κ3) is 4.25. The van der Waals surface area contributed by atoms with Gasteiger partial charge in [-0.25, -0.2) is 4.98 Å². The summed E-state index contributed by atoms with van der Waals surface area (Å²) in [6.45, 7) is 12.3. The second-order valence-electron chi connectivity index (χ2n) is 7.29. The molecule has 0 aliphatic rings. The van der Waals surface area contributed by atoms with Crippen molar-refractivity contribution in [3.05, 3.63) is 46.7 Å². The molecule has 1 heterocycles. The lowest BCUT2D eigenvalue weighted by Crippen LogP contribution is -2.14. The first-order valence-corrected chi connectivity index (χ1v) is 8.57. The summed E-state index contributed by atoms with van der Waals surface area (Å²) in [5.74, 6) is 1.53. The van der Waals surface area contributed by atoms with Crippen LogP contribution in [0.4, 0.5) is 5.69 Å². The smallest absolute Gasteiger partial charge is 0.224 e. The van der Waals surface area contributed by atoms with Crippen LogP contribution >= 0.6 is 0 Å². The molecule has 0 saturated carbocycles. The van der Waals surface area contributed by atoms with Crippen molar-refractivity contribution in [2.24, 2.45) is 0 Å². The molecule has 0 atom stereocenters. The summed E-state index contributed by atoms with van der Waals surface area (Å²) in [7, 11) is 0. The summed E-state index contributed by atoms with van der Waals surface area (Å²) in [4.78, 5) is 16.8. The maximum Gasteiger partial charge on any atom is 0.224 e. The molecule has 0 spiro atoms. The number of anilines is 1. The predicted molar refractivity (Wildman–Crippen MR) is 97.4 cm³/mol. The molecule has 1 amide bonds. The minimum absolute atomic E-state index is 0.00658. The van der Waals surface area contributed by atoms with Gasteiger partial charge in [0.05, 0.1) is 5.69 Å². The Labute approximate surface area is 144 Å². The lowest BCUT2D eigenvalue weighted by atomic mass is 9.97. The van der Waals surface area contributed by atoms with Gasteiger partial charge in [-0.2, -0.15) is 0 Å². The average Bonchev–Trinajstić information content (AvgIpc) is 2.88. The van der Waals surface area contributed by atoms with Gasteiger partial charge in [0.25, 0.3) is 0 Å². The number of carbonyl (C=O) groups is 1. The standard InChI is InChI=1S/C20H28N2O2/c1-7-15-10-8-9-13(2)18(15)22-17(23)12-11-16-14(3)21-19(24-16)20(4,5)6/h8-10H,7,11-12H2,1-6H3,(H,22,23). The number of aromatic nitrogens is 1. The number of amides is 1. The van der Waals surface area contributed by atoms with Crippen molar-refractivity contribution in [2.75, 3.05) is 5.32 Å². The molecule has 2 rings (SSSR count). The van der Waals surface area contributed by atoms with E-state index in [0.29, 0.717) is 12.8 Å². The number of oxazole rings is 1. The molecule has 0 fully saturated rings. The fourth-order valence-corrected chi connectivity index (χ4v) is 2.61. The zero-order chi connectivity index (χ0) is 17.9. The summed E-state index contributed by atoms with van der Waals surface area (Å²) >= 11 is 0. The Morgan fingerprint density at radius 2 is 1.96 bits per heavy atom. The number of nitrogens with zero attached hydrogens (tertiary/aromatic N) is 1. The molecule has 1 aromatic heterocycles. The molecule has 24 heavy (non-hydrogen) atoms. The van der Waals surface area contributed by atoms with Crippen LogP contribution in [0.3, 0.4) is 0 Å². The largest absolute Gasteiger partial charge is 0.445 e. The molecule has 0 aliphatic carbocycles. The SMILES string of the molecule is CCc1cccc(C)c1NC(=O)CCc1oc(C(C)(C)C)nc1C. The number of carbonyl (C=O) groups excluding carboxylic acids is 1. The first-order valence-electron chi connectivity index (χ1n) is 8.57. The van der Waals surface area contributed by atoms with Gasteiger partial charge in [0.15, 0.2) is 5.89 Å². The highest BCUT2D eigenvalue weighted by molar-refractivity contribution is 5.92. The fourth-order valence-electron chi connectivity index (χ4n) is 2.61. The minimum atomic E-state index is -0.123. The van der Waals surface area contributed by atoms with E-state index in [4.69, 9.17) is 4.42 Å². The topological polar surface area (TPSA) is 55.1 Å². The third-order valence-corrected chi connectivity index (χ3v) is 4.12. The molecule has 4 nitrogen and oxygen atoms in total. The van der Waals surface area contributed by atoms with E-state index in [-0.39, 0.29) is 11.3 Å². The minimum Gasteiger partial charge on any atom is -0.445 e. The number of nitrogens with one attached hydrogen (secondary N) is 1. The van der Waals surface area contributed by atoms with Crippen LogP contribution in [0.25, 0.3) is 0 Å². The molecular formula is C20H28N2O2. The lowest BCUT2D eigenvalue weighted by molar-refractivity contribution is -0.116. The van der Waals surface area contributed by atoms with Crippen molar-refractivity contribution < 1.29 is 9.21 Å². The molecule has 0 bridgehead atoms. The fraction of sp³-hybridized carbons (Fsp3) is 0.500. The van der Waals surface area contributed by atoms with Gasteiger partial charge in [-0.3, -0.25) is 4.79 Å². The molecular weight excluding hydrogens is 300 g/mol. The van der Waals surface area contributed by atoms with Crippen molar-refractivity contribution in [3.63, 3.8) is 0 Å². The molecule has 0 saturated heterocycles. The highest BCUT2D eigenvalue weighted by atomic mass is 16.4. The van der Waals surface area contributed by atoms with Gasteiger partial charge in [-0.15, -0.1) is 0 Å². The third-order valence-electron chi connectivity index (χ3n) is 4.12. The van der Waals surface area contributed by atoms with Gasteiger partial charge < -0.3 is 9.73 Å². The van der Waals surface area contributed by atoms with E-state index >= 15 is 0 Å². The number of hydrogen-bond acceptors (Lipinski definition) is 3. The molecule has 130 valence electrons. The highest BCUT2D eigenvalue weighted by Gasteiger charge is 2.22. The summed E-state index contributed by atoms with van der Waals surface area (Å²) in [5, 5.41) is 3.06. The number of para-hydroxylation sites is 1. The average molecular weight is 328 g/mol. The van der Waals surface area contributed by atoms with Gasteiger partial charge >= 0.3 is 0 Å². The number of hydrogen-bond donors (Lipinski definition) is 1. The van der Waals surface area contributed by atoms with Crippen molar-refractivity contribution in [1.82, 2.24) is 4.98 Å². The Kier molecular flexibility index (Phi) is 5.47. The van der Waals surface area contributed by atoms with Crippen molar-refractivity contribution in [1.29, 1.82) is 0 Å². The highest BCUT2D eigenvalue weighted by Crippen LogP contribution is 2.25. The molecule has 0 unspecified atom stereocenters. The van der Waals surface area contributed by atoms with E-state index in [2.05, 4.69) is 44.1 Å². The van der Waals surface area contributed by atoms with Gasteiger partial charge in [0, 0.05) is 23.9 Å². The first kappa shape index (κ1) is 18.2. The van der Waals surface area contributed by atoms with Crippen LogP contribution < -0.4 is 5.32 Å². The number of benzene rings is 1. The van der Waals surface area contributed by atoms with E-state index in [9.17, 15) is 4.79 Å². The van der Waals surface area contributed by atoms with E-state index in [1.807, 2.05) is 26.0 Å². The second-order valence-corrected chi connectivity index (χ2v) is 7.29. The Hall–Kier alpha value is -2.10. The van der Waals surface area contributed by atoms with E-state index < -0.39 is 0 Å². The van der Waals surface area contributed by atoms with Crippen LogP contribution in [0.2, 0.25) is 0 Å². The second kappa shape index (κ2) is 7.20. The monoisotopic (exact) mass is 328 g/mol. The van der Waals surface area contributed by atoms with Crippen LogP contribution in [0.1, 0.15) is 62.6 Å². The van der Waals surface area contributed by atoms with Gasteiger partial charge in [-0.05, 0) is 31.4 Å². The molecule has 1 aromatic carbocycles. The van der Waals surface area contributed by atoms with E-state index in [0.717, 1.165) is 40.6 Å². The van der Waals surface area contributed by atoms with Crippen molar-refractivity contribution >= 4 is 11.6 Å². The maximum absolute atomic E-state index is 12.3. The van der Waals surface area contributed by atoms with Gasteiger partial charge in [0.1, 0.15) is 5.76 Å². The quantitative estimate of drug-likeness (QED) is 0.864. The summed E-state index contributed by atoms with van der Waals surface area (Å²) in [5.41, 5.74) is 3.94. The number of aryl methyl sites for hydroxylation is 4. The van der Waals surface area contributed by atoms with Crippen LogP contribution in [0, 0.1) is 13.8 Å². The first-order chi connectivity index (χ1) is 11.2. The molecule has 0 radical (unpaired) electrons. The van der Waals surface area contributed by atoms with Crippen LogP contribution in [-0.4, -0.2) is 10.9 Å². The van der Waals surface area contributed by atoms with Gasteiger partial charge in [0.2, 0.25) is 5.91 Å². The normalized spacial score (nSPS) is 11.6. The van der Waals surface area contributed by atoms with Crippen molar-refractivity contribution in [3.8, 4) is 0 Å². The maximum atomic E-state index is 12.3. The predicted octanol–water partition coefficient (Wildman–Crippen LogP) is 4.72. The Bertz CT molecular complexity index is 724. The van der Waals surface area contributed by atoms with Crippen molar-refractivity contribution in [2.45, 2.75) is 66.2 Å². The Balaban J connectivity index is 2.03. The summed E-state index contributed by atoms with van der Waals surface area (Å²) < 4.78 is 5.86. The zero-order valence-electron chi connectivity index (χ0n) is 15.6. The van der Waals surface area contributed by atoms with E-state index in [1.165, 1.54) is 0 Å². The Morgan fingerprint density at radius 3 is 2.54 bits per heavy atom. The molecule has 0 aliphatic heterocycles. The van der Waals surface area contributed by atoms with E-state index in [1.54, 1.807) is 0 Å². The van der Waals surface area contributed by atoms with Gasteiger partial charge in [-0.1, -0.05) is 45.9 Å². The summed E-state index contributed by atoms with van der Waals surface area (Å²) in [6, 6.07) is 6.10. The van der Waals surface area contributed by atoms with Crippen LogP contribution in [0.15, 0.2) is 22.6 Å². The summed E-state index contributed by atoms with van der Waals surface area (Å²) in [6.07, 6.45) is 1.85. The van der Waals surface area contributed by atoms with Crippen LogP contribution in [0.5, 0.6) is 0 Å². The molecule has 2 aromatic rings. The number of rotatable bonds is 5. The van der Waals surface area contributed by atoms with Crippen LogP contribution in [-0.2, 0) is 23.1 Å². The Morgan fingerprint density at radius 1 is 1.25 bits per heavy atom. The molecule has 1 N–H and O–H groups in total. The molecule has 4 heteroatoms. The lowest BCUT2D eigenvalue weighted by Gasteiger charge is -2.13.